The Balaban J connectivity index is 1.70. The van der Waals surface area contributed by atoms with E-state index in [4.69, 9.17) is 5.26 Å². The zero-order chi connectivity index (χ0) is 19.4. The van der Waals surface area contributed by atoms with Gasteiger partial charge in [0.25, 0.3) is 0 Å². The molecule has 27 heavy (non-hydrogen) atoms. The standard InChI is InChI=1S/C19H19F2N3O2S/c20-19(21)27(25,26)18-8-6-17(7-9-18)24-11-1-10-23(12-13-24)16-4-2-15(14-22)3-5-16/h2-9,19H,1,10-13H2. The van der Waals surface area contributed by atoms with Crippen LogP contribution in [-0.4, -0.2) is 40.4 Å². The van der Waals surface area contributed by atoms with Gasteiger partial charge in [-0.25, -0.2) is 8.42 Å². The van der Waals surface area contributed by atoms with Crippen molar-refractivity contribution in [2.24, 2.45) is 0 Å². The van der Waals surface area contributed by atoms with Crippen LogP contribution in [0.4, 0.5) is 20.2 Å². The van der Waals surface area contributed by atoms with Gasteiger partial charge in [0.05, 0.1) is 16.5 Å². The van der Waals surface area contributed by atoms with Gasteiger partial charge < -0.3 is 9.80 Å². The van der Waals surface area contributed by atoms with Crippen molar-refractivity contribution in [2.45, 2.75) is 17.1 Å². The number of benzene rings is 2. The largest absolute Gasteiger partial charge is 0.370 e. The number of hydrogen-bond acceptors (Lipinski definition) is 5. The van der Waals surface area contributed by atoms with Crippen LogP contribution in [0.15, 0.2) is 53.4 Å². The SMILES string of the molecule is N#Cc1ccc(N2CCCN(c3ccc(S(=O)(=O)C(F)F)cc3)CC2)cc1. The van der Waals surface area contributed by atoms with Gasteiger partial charge in [0.15, 0.2) is 0 Å². The van der Waals surface area contributed by atoms with E-state index in [0.717, 1.165) is 44.0 Å². The van der Waals surface area contributed by atoms with E-state index < -0.39 is 15.6 Å². The summed E-state index contributed by atoms with van der Waals surface area (Å²) in [5.74, 6) is -3.41. The van der Waals surface area contributed by atoms with Crippen LogP contribution < -0.4 is 9.80 Å². The molecule has 0 spiro atoms. The van der Waals surface area contributed by atoms with E-state index in [1.807, 2.05) is 12.1 Å². The minimum absolute atomic E-state index is 0.365. The summed E-state index contributed by atoms with van der Waals surface area (Å²) in [6.07, 6.45) is 0.900. The lowest BCUT2D eigenvalue weighted by Crippen LogP contribution is -2.30. The maximum absolute atomic E-state index is 12.6. The van der Waals surface area contributed by atoms with Crippen LogP contribution in [0, 0.1) is 11.3 Å². The van der Waals surface area contributed by atoms with Gasteiger partial charge in [-0.15, -0.1) is 0 Å². The topological polar surface area (TPSA) is 64.4 Å². The second kappa shape index (κ2) is 7.92. The Morgan fingerprint density at radius 3 is 1.78 bits per heavy atom. The summed E-state index contributed by atoms with van der Waals surface area (Å²) >= 11 is 0. The van der Waals surface area contributed by atoms with E-state index in [0.29, 0.717) is 5.56 Å². The number of halogens is 2. The van der Waals surface area contributed by atoms with Gasteiger partial charge in [-0.2, -0.15) is 14.0 Å². The first kappa shape index (κ1) is 19.1. The molecule has 0 bridgehead atoms. The molecule has 0 unspecified atom stereocenters. The molecule has 1 heterocycles. The van der Waals surface area contributed by atoms with E-state index in [9.17, 15) is 17.2 Å². The molecule has 0 aliphatic carbocycles. The minimum Gasteiger partial charge on any atom is -0.370 e. The van der Waals surface area contributed by atoms with Gasteiger partial charge >= 0.3 is 5.76 Å². The predicted molar refractivity (Wildman–Crippen MR) is 99.8 cm³/mol. The van der Waals surface area contributed by atoms with Crippen molar-refractivity contribution in [3.8, 4) is 6.07 Å². The maximum Gasteiger partial charge on any atom is 0.341 e. The fourth-order valence-electron chi connectivity index (χ4n) is 3.13. The fraction of sp³-hybridized carbons (Fsp3) is 0.316. The van der Waals surface area contributed by atoms with E-state index in [-0.39, 0.29) is 4.90 Å². The van der Waals surface area contributed by atoms with Crippen LogP contribution >= 0.6 is 0 Å². The molecule has 8 heteroatoms. The van der Waals surface area contributed by atoms with Crippen molar-refractivity contribution in [1.29, 1.82) is 5.26 Å². The molecule has 0 saturated carbocycles. The Morgan fingerprint density at radius 1 is 0.852 bits per heavy atom. The average Bonchev–Trinajstić information content (AvgIpc) is 2.94. The monoisotopic (exact) mass is 391 g/mol. The minimum atomic E-state index is -4.57. The van der Waals surface area contributed by atoms with Crippen molar-refractivity contribution < 1.29 is 17.2 Å². The Bertz CT molecular complexity index is 923. The van der Waals surface area contributed by atoms with Crippen molar-refractivity contribution in [2.75, 3.05) is 36.0 Å². The summed E-state index contributed by atoms with van der Waals surface area (Å²) < 4.78 is 48.3. The molecule has 0 radical (unpaired) electrons. The molecule has 1 aliphatic heterocycles. The highest BCUT2D eigenvalue weighted by atomic mass is 32.2. The first-order valence-electron chi connectivity index (χ1n) is 8.54. The van der Waals surface area contributed by atoms with Crippen LogP contribution in [-0.2, 0) is 9.84 Å². The smallest absolute Gasteiger partial charge is 0.341 e. The second-order valence-electron chi connectivity index (χ2n) is 6.29. The molecule has 5 nitrogen and oxygen atoms in total. The summed E-state index contributed by atoms with van der Waals surface area (Å²) in [5.41, 5.74) is 2.48. The summed E-state index contributed by atoms with van der Waals surface area (Å²) in [4.78, 5) is 3.98. The molecular weight excluding hydrogens is 372 g/mol. The van der Waals surface area contributed by atoms with Gasteiger partial charge in [-0.3, -0.25) is 0 Å². The van der Waals surface area contributed by atoms with E-state index in [2.05, 4.69) is 15.9 Å². The van der Waals surface area contributed by atoms with Gasteiger partial charge in [-0.05, 0) is 55.0 Å². The zero-order valence-corrected chi connectivity index (χ0v) is 15.4. The molecule has 3 rings (SSSR count). The number of anilines is 2. The molecule has 2 aromatic carbocycles. The lowest BCUT2D eigenvalue weighted by Gasteiger charge is -2.25. The van der Waals surface area contributed by atoms with Gasteiger partial charge in [0.1, 0.15) is 0 Å². The molecule has 0 atom stereocenters. The zero-order valence-electron chi connectivity index (χ0n) is 14.6. The number of sulfone groups is 1. The van der Waals surface area contributed by atoms with Crippen molar-refractivity contribution in [3.05, 3.63) is 54.1 Å². The molecule has 1 saturated heterocycles. The van der Waals surface area contributed by atoms with Crippen molar-refractivity contribution in [3.63, 3.8) is 0 Å². The lowest BCUT2D eigenvalue weighted by molar-refractivity contribution is 0.234. The number of alkyl halides is 2. The maximum atomic E-state index is 12.6. The predicted octanol–water partition coefficient (Wildman–Crippen LogP) is 3.27. The number of rotatable bonds is 4. The van der Waals surface area contributed by atoms with E-state index in [1.54, 1.807) is 24.3 Å². The van der Waals surface area contributed by atoms with E-state index in [1.165, 1.54) is 12.1 Å². The first-order chi connectivity index (χ1) is 12.9. The molecule has 142 valence electrons. The first-order valence-corrected chi connectivity index (χ1v) is 10.1. The van der Waals surface area contributed by atoms with Crippen molar-refractivity contribution in [1.82, 2.24) is 0 Å². The molecule has 2 aromatic rings. The Hall–Kier alpha value is -2.66. The molecule has 1 aliphatic rings. The average molecular weight is 391 g/mol. The summed E-state index contributed by atoms with van der Waals surface area (Å²) in [6, 6.07) is 15.2. The van der Waals surface area contributed by atoms with Gasteiger partial charge in [0, 0.05) is 37.6 Å². The van der Waals surface area contributed by atoms with Crippen LogP contribution in [0.5, 0.6) is 0 Å². The second-order valence-corrected chi connectivity index (χ2v) is 8.20. The molecule has 0 N–H and O–H groups in total. The third-order valence-corrected chi connectivity index (χ3v) is 6.02. The summed E-state index contributed by atoms with van der Waals surface area (Å²) in [7, 11) is -4.57. The quantitative estimate of drug-likeness (QED) is 0.800. The number of nitriles is 1. The highest BCUT2D eigenvalue weighted by molar-refractivity contribution is 7.91. The van der Waals surface area contributed by atoms with E-state index >= 15 is 0 Å². The van der Waals surface area contributed by atoms with Crippen LogP contribution in [0.25, 0.3) is 0 Å². The summed E-state index contributed by atoms with van der Waals surface area (Å²) in [5, 5.41) is 8.90. The van der Waals surface area contributed by atoms with Crippen LogP contribution in [0.1, 0.15) is 12.0 Å². The Labute approximate surface area is 157 Å². The highest BCUT2D eigenvalue weighted by Crippen LogP contribution is 2.24. The normalized spacial score (nSPS) is 15.5. The molecule has 1 fully saturated rings. The fourth-order valence-corrected chi connectivity index (χ4v) is 3.85. The number of nitrogens with zero attached hydrogens (tertiary/aromatic N) is 3. The third-order valence-electron chi connectivity index (χ3n) is 4.62. The Kier molecular flexibility index (Phi) is 5.61. The summed E-state index contributed by atoms with van der Waals surface area (Å²) in [6.45, 7) is 3.14. The number of hydrogen-bond donors (Lipinski definition) is 0. The van der Waals surface area contributed by atoms with Crippen molar-refractivity contribution >= 4 is 21.2 Å². The highest BCUT2D eigenvalue weighted by Gasteiger charge is 2.26. The van der Waals surface area contributed by atoms with Gasteiger partial charge in [0.2, 0.25) is 9.84 Å². The lowest BCUT2D eigenvalue weighted by atomic mass is 10.2. The Morgan fingerprint density at radius 2 is 1.33 bits per heavy atom. The molecule has 0 aromatic heterocycles. The molecular formula is C19H19F2N3O2S. The third kappa shape index (κ3) is 4.19. The molecule has 0 amide bonds. The van der Waals surface area contributed by atoms with Crippen LogP contribution in [0.2, 0.25) is 0 Å². The van der Waals surface area contributed by atoms with Crippen LogP contribution in [0.3, 0.4) is 0 Å². The van der Waals surface area contributed by atoms with Gasteiger partial charge in [-0.1, -0.05) is 0 Å².